The molecule has 2 aromatic carbocycles. The number of hydrogen-bond donors (Lipinski definition) is 2. The van der Waals surface area contributed by atoms with Crippen molar-refractivity contribution in [3.63, 3.8) is 0 Å². The van der Waals surface area contributed by atoms with E-state index >= 15 is 0 Å². The number of amides is 4. The molecule has 8 nitrogen and oxygen atoms in total. The Labute approximate surface area is 201 Å². The number of nitrogens with one attached hydrogen (secondary N) is 2. The normalized spacial score (nSPS) is 17.6. The van der Waals surface area contributed by atoms with E-state index in [0.29, 0.717) is 16.3 Å². The summed E-state index contributed by atoms with van der Waals surface area (Å²) in [5.74, 6) is -1.08. The molecule has 4 rings (SSSR count). The number of imide groups is 1. The lowest BCUT2D eigenvalue weighted by Crippen LogP contribution is -2.42. The average Bonchev–Trinajstić information content (AvgIpc) is 3.01. The molecule has 3 aromatic rings. The Morgan fingerprint density at radius 3 is 2.44 bits per heavy atom. The van der Waals surface area contributed by atoms with Gasteiger partial charge in [-0.2, -0.15) is 0 Å². The first-order valence-electron chi connectivity index (χ1n) is 10.6. The molecule has 174 valence electrons. The average molecular weight is 479 g/mol. The predicted octanol–water partition coefficient (Wildman–Crippen LogP) is 3.26. The predicted molar refractivity (Wildman–Crippen MR) is 129 cm³/mol. The molecule has 34 heavy (non-hydrogen) atoms. The Morgan fingerprint density at radius 1 is 1.03 bits per heavy atom. The molecule has 2 heterocycles. The summed E-state index contributed by atoms with van der Waals surface area (Å²) >= 11 is 6.19. The summed E-state index contributed by atoms with van der Waals surface area (Å²) in [6.07, 6.45) is 1.49. The van der Waals surface area contributed by atoms with E-state index in [1.165, 1.54) is 22.9 Å². The molecule has 4 amide bonds. The van der Waals surface area contributed by atoms with E-state index in [9.17, 15) is 19.2 Å². The van der Waals surface area contributed by atoms with Gasteiger partial charge in [-0.1, -0.05) is 59.6 Å². The number of carbonyl (C=O) groups is 3. The SMILES string of the molecule is Cc1ccc(C2(C)NC(=O)N(CC(=O)Nc3ccc(=O)n(Cc4ccccc4Cl)c3)C2=O)cc1. The monoisotopic (exact) mass is 478 g/mol. The summed E-state index contributed by atoms with van der Waals surface area (Å²) in [6.45, 7) is 3.30. The third-order valence-electron chi connectivity index (χ3n) is 5.77. The maximum Gasteiger partial charge on any atom is 0.325 e. The highest BCUT2D eigenvalue weighted by Crippen LogP contribution is 2.29. The molecule has 1 fully saturated rings. The quantitative estimate of drug-likeness (QED) is 0.531. The maximum absolute atomic E-state index is 13.0. The summed E-state index contributed by atoms with van der Waals surface area (Å²) in [5.41, 5.74) is 1.24. The second kappa shape index (κ2) is 9.15. The number of pyridine rings is 1. The first-order valence-corrected chi connectivity index (χ1v) is 11.0. The summed E-state index contributed by atoms with van der Waals surface area (Å²) in [6, 6.07) is 16.6. The molecule has 1 saturated heterocycles. The largest absolute Gasteiger partial charge is 0.325 e. The topological polar surface area (TPSA) is 101 Å². The zero-order chi connectivity index (χ0) is 24.5. The van der Waals surface area contributed by atoms with Crippen molar-refractivity contribution in [2.24, 2.45) is 0 Å². The lowest BCUT2D eigenvalue weighted by atomic mass is 9.91. The summed E-state index contributed by atoms with van der Waals surface area (Å²) < 4.78 is 1.42. The van der Waals surface area contributed by atoms with E-state index in [0.717, 1.165) is 16.0 Å². The molecule has 1 atom stereocenters. The van der Waals surface area contributed by atoms with Gasteiger partial charge in [-0.15, -0.1) is 0 Å². The van der Waals surface area contributed by atoms with Gasteiger partial charge < -0.3 is 15.2 Å². The highest BCUT2D eigenvalue weighted by molar-refractivity contribution is 6.31. The Hall–Kier alpha value is -3.91. The molecule has 0 bridgehead atoms. The van der Waals surface area contributed by atoms with Gasteiger partial charge in [-0.05, 0) is 37.1 Å². The molecule has 0 radical (unpaired) electrons. The van der Waals surface area contributed by atoms with Crippen molar-refractivity contribution in [2.45, 2.75) is 25.9 Å². The van der Waals surface area contributed by atoms with Gasteiger partial charge in [0.05, 0.1) is 12.2 Å². The number of urea groups is 1. The van der Waals surface area contributed by atoms with E-state index < -0.39 is 29.9 Å². The number of benzene rings is 2. The van der Waals surface area contributed by atoms with Gasteiger partial charge in [-0.3, -0.25) is 19.3 Å². The van der Waals surface area contributed by atoms with Gasteiger partial charge in [0.15, 0.2) is 0 Å². The van der Waals surface area contributed by atoms with Crippen molar-refractivity contribution in [1.82, 2.24) is 14.8 Å². The van der Waals surface area contributed by atoms with Crippen LogP contribution >= 0.6 is 11.6 Å². The fraction of sp³-hybridized carbons (Fsp3) is 0.200. The van der Waals surface area contributed by atoms with Crippen molar-refractivity contribution in [3.8, 4) is 0 Å². The van der Waals surface area contributed by atoms with Crippen LogP contribution in [-0.2, 0) is 21.7 Å². The lowest BCUT2D eigenvalue weighted by molar-refractivity contribution is -0.133. The Kier molecular flexibility index (Phi) is 6.26. The zero-order valence-corrected chi connectivity index (χ0v) is 19.4. The third kappa shape index (κ3) is 4.58. The van der Waals surface area contributed by atoms with E-state index in [2.05, 4.69) is 10.6 Å². The zero-order valence-electron chi connectivity index (χ0n) is 18.7. The maximum atomic E-state index is 13.0. The highest BCUT2D eigenvalue weighted by Gasteiger charge is 2.49. The number of rotatable bonds is 6. The molecule has 9 heteroatoms. The van der Waals surface area contributed by atoms with Crippen LogP contribution in [0.5, 0.6) is 0 Å². The van der Waals surface area contributed by atoms with Crippen LogP contribution in [0.15, 0.2) is 71.7 Å². The van der Waals surface area contributed by atoms with Gasteiger partial charge in [0.2, 0.25) is 5.91 Å². The van der Waals surface area contributed by atoms with Gasteiger partial charge in [0.25, 0.3) is 11.5 Å². The molecule has 2 N–H and O–H groups in total. The van der Waals surface area contributed by atoms with Crippen LogP contribution in [0.25, 0.3) is 0 Å². The van der Waals surface area contributed by atoms with E-state index in [-0.39, 0.29) is 12.1 Å². The summed E-state index contributed by atoms with van der Waals surface area (Å²) in [5, 5.41) is 5.86. The number of aryl methyl sites for hydroxylation is 1. The standard InChI is InChI=1S/C25H23ClN4O4/c1-16-7-9-18(10-8-16)25(2)23(33)30(24(34)28-25)15-21(31)27-19-11-12-22(32)29(14-19)13-17-5-3-4-6-20(17)26/h3-12,14H,13,15H2,1-2H3,(H,27,31)(H,28,34). The van der Waals surface area contributed by atoms with Gasteiger partial charge >= 0.3 is 6.03 Å². The van der Waals surface area contributed by atoms with Crippen molar-refractivity contribution in [2.75, 3.05) is 11.9 Å². The molecule has 0 aliphatic carbocycles. The molecule has 1 aliphatic heterocycles. The molecule has 1 aromatic heterocycles. The highest BCUT2D eigenvalue weighted by atomic mass is 35.5. The minimum absolute atomic E-state index is 0.226. The van der Waals surface area contributed by atoms with Crippen LogP contribution in [0.3, 0.4) is 0 Å². The fourth-order valence-electron chi connectivity index (χ4n) is 3.81. The van der Waals surface area contributed by atoms with Crippen molar-refractivity contribution in [3.05, 3.63) is 98.9 Å². The smallest absolute Gasteiger partial charge is 0.323 e. The van der Waals surface area contributed by atoms with Crippen LogP contribution in [-0.4, -0.2) is 33.9 Å². The lowest BCUT2D eigenvalue weighted by Gasteiger charge is -2.22. The van der Waals surface area contributed by atoms with Crippen molar-refractivity contribution < 1.29 is 14.4 Å². The van der Waals surface area contributed by atoms with Crippen molar-refractivity contribution in [1.29, 1.82) is 0 Å². The van der Waals surface area contributed by atoms with Crippen LogP contribution in [0.2, 0.25) is 5.02 Å². The van der Waals surface area contributed by atoms with Gasteiger partial charge in [0.1, 0.15) is 12.1 Å². The van der Waals surface area contributed by atoms with Crippen molar-refractivity contribution >= 4 is 35.1 Å². The van der Waals surface area contributed by atoms with Gasteiger partial charge in [0, 0.05) is 17.3 Å². The molecule has 1 aliphatic rings. The molecular weight excluding hydrogens is 456 g/mol. The number of anilines is 1. The third-order valence-corrected chi connectivity index (χ3v) is 6.14. The van der Waals surface area contributed by atoms with Gasteiger partial charge in [-0.25, -0.2) is 4.79 Å². The minimum Gasteiger partial charge on any atom is -0.323 e. The number of nitrogens with zero attached hydrogens (tertiary/aromatic N) is 2. The number of aromatic nitrogens is 1. The Bertz CT molecular complexity index is 1340. The number of hydrogen-bond acceptors (Lipinski definition) is 4. The van der Waals surface area contributed by atoms with E-state index in [1.807, 2.05) is 31.2 Å². The Balaban J connectivity index is 1.47. The van der Waals surface area contributed by atoms with Crippen LogP contribution in [0.4, 0.5) is 10.5 Å². The van der Waals surface area contributed by atoms with Crippen LogP contribution in [0.1, 0.15) is 23.6 Å². The van der Waals surface area contributed by atoms with E-state index in [1.54, 1.807) is 31.2 Å². The number of carbonyl (C=O) groups excluding carboxylic acids is 3. The first kappa shape index (κ1) is 23.3. The number of halogens is 1. The van der Waals surface area contributed by atoms with Crippen LogP contribution < -0.4 is 16.2 Å². The van der Waals surface area contributed by atoms with E-state index in [4.69, 9.17) is 11.6 Å². The molecule has 0 saturated carbocycles. The molecular formula is C25H23ClN4O4. The summed E-state index contributed by atoms with van der Waals surface area (Å²) in [4.78, 5) is 51.4. The van der Waals surface area contributed by atoms with Crippen LogP contribution in [0, 0.1) is 6.92 Å². The molecule has 1 unspecified atom stereocenters. The Morgan fingerprint density at radius 2 is 1.74 bits per heavy atom. The molecule has 0 spiro atoms. The second-order valence-corrected chi connectivity index (χ2v) is 8.74. The second-order valence-electron chi connectivity index (χ2n) is 8.34. The minimum atomic E-state index is -1.26. The first-order chi connectivity index (χ1) is 16.2. The fourth-order valence-corrected chi connectivity index (χ4v) is 4.00. The summed E-state index contributed by atoms with van der Waals surface area (Å²) in [7, 11) is 0.